The van der Waals surface area contributed by atoms with Gasteiger partial charge in [-0.15, -0.1) is 0 Å². The topological polar surface area (TPSA) is 94.8 Å². The van der Waals surface area contributed by atoms with E-state index in [2.05, 4.69) is 6.92 Å². The summed E-state index contributed by atoms with van der Waals surface area (Å²) in [5.74, 6) is 0. The Hall–Kier alpha value is 0.830. The molecular weight excluding hydrogens is 231 g/mol. The van der Waals surface area contributed by atoms with Gasteiger partial charge in [0.25, 0.3) is 0 Å². The van der Waals surface area contributed by atoms with Crippen LogP contribution in [0.4, 0.5) is 0 Å². The summed E-state index contributed by atoms with van der Waals surface area (Å²) in [6, 6.07) is 0. The fourth-order valence-corrected chi connectivity index (χ4v) is 0.834. The Morgan fingerprint density at radius 1 is 1.20 bits per heavy atom. The SMILES string of the molecule is CCCCCC(O)CC.O=S(=O)(O)O.[H-].[Na+]. The average Bonchev–Trinajstić information content (AvgIpc) is 2.01. The van der Waals surface area contributed by atoms with E-state index in [1.165, 1.54) is 19.3 Å². The van der Waals surface area contributed by atoms with Crippen LogP contribution in [0.15, 0.2) is 0 Å². The van der Waals surface area contributed by atoms with Crippen molar-refractivity contribution in [3.63, 3.8) is 0 Å². The molecular formula is C8H21NaO5S. The van der Waals surface area contributed by atoms with E-state index in [1.807, 2.05) is 6.92 Å². The maximum atomic E-state index is 9.08. The Balaban J connectivity index is -0.0000000904. The molecule has 0 aliphatic heterocycles. The van der Waals surface area contributed by atoms with Gasteiger partial charge in [0.15, 0.2) is 0 Å². The van der Waals surface area contributed by atoms with Crippen molar-refractivity contribution >= 4 is 10.4 Å². The first kappa shape index (κ1) is 21.1. The molecule has 0 aliphatic carbocycles. The normalized spacial score (nSPS) is 12.1. The van der Waals surface area contributed by atoms with Crippen LogP contribution in [0.2, 0.25) is 0 Å². The molecule has 0 fully saturated rings. The van der Waals surface area contributed by atoms with Gasteiger partial charge in [-0.1, -0.05) is 33.1 Å². The monoisotopic (exact) mass is 252 g/mol. The summed E-state index contributed by atoms with van der Waals surface area (Å²) in [4.78, 5) is 0. The minimum Gasteiger partial charge on any atom is -1.00 e. The smallest absolute Gasteiger partial charge is 1.00 e. The summed E-state index contributed by atoms with van der Waals surface area (Å²) in [7, 11) is -4.67. The largest absolute Gasteiger partial charge is 1.00 e. The zero-order valence-corrected chi connectivity index (χ0v) is 12.5. The molecule has 0 aromatic heterocycles. The third kappa shape index (κ3) is 39.8. The second-order valence-corrected chi connectivity index (χ2v) is 3.90. The van der Waals surface area contributed by atoms with Gasteiger partial charge in [-0.2, -0.15) is 8.42 Å². The van der Waals surface area contributed by atoms with E-state index in [4.69, 9.17) is 22.6 Å². The molecule has 5 nitrogen and oxygen atoms in total. The summed E-state index contributed by atoms with van der Waals surface area (Å²) < 4.78 is 31.6. The summed E-state index contributed by atoms with van der Waals surface area (Å²) in [5, 5.41) is 9.08. The molecule has 0 radical (unpaired) electrons. The molecule has 3 N–H and O–H groups in total. The number of unbranched alkanes of at least 4 members (excludes halogenated alkanes) is 2. The van der Waals surface area contributed by atoms with Gasteiger partial charge in [0.2, 0.25) is 0 Å². The molecule has 0 aromatic rings. The average molecular weight is 252 g/mol. The Labute approximate surface area is 116 Å². The summed E-state index contributed by atoms with van der Waals surface area (Å²) in [5.41, 5.74) is 0. The van der Waals surface area contributed by atoms with Crippen LogP contribution >= 0.6 is 0 Å². The Bertz CT molecular complexity index is 202. The Morgan fingerprint density at radius 3 is 1.87 bits per heavy atom. The van der Waals surface area contributed by atoms with Gasteiger partial charge in [-0.3, -0.25) is 9.11 Å². The molecule has 15 heavy (non-hydrogen) atoms. The molecule has 0 saturated carbocycles. The summed E-state index contributed by atoms with van der Waals surface area (Å²) >= 11 is 0. The third-order valence-electron chi connectivity index (χ3n) is 1.61. The van der Waals surface area contributed by atoms with Gasteiger partial charge in [0.1, 0.15) is 0 Å². The van der Waals surface area contributed by atoms with Crippen molar-refractivity contribution in [3.8, 4) is 0 Å². The molecule has 0 aromatic carbocycles. The van der Waals surface area contributed by atoms with Crippen LogP contribution in [0, 0.1) is 0 Å². The van der Waals surface area contributed by atoms with E-state index >= 15 is 0 Å². The molecule has 0 spiro atoms. The maximum absolute atomic E-state index is 9.08. The molecule has 0 rings (SSSR count). The molecule has 0 heterocycles. The van der Waals surface area contributed by atoms with Crippen molar-refractivity contribution in [2.75, 3.05) is 0 Å². The van der Waals surface area contributed by atoms with Crippen LogP contribution in [0.1, 0.15) is 47.4 Å². The van der Waals surface area contributed by atoms with E-state index in [0.29, 0.717) is 0 Å². The van der Waals surface area contributed by atoms with Crippen molar-refractivity contribution in [1.29, 1.82) is 0 Å². The number of aliphatic hydroxyl groups excluding tert-OH is 1. The van der Waals surface area contributed by atoms with E-state index in [9.17, 15) is 0 Å². The minimum absolute atomic E-state index is 0. The third-order valence-corrected chi connectivity index (χ3v) is 1.61. The van der Waals surface area contributed by atoms with Crippen LogP contribution in [0.3, 0.4) is 0 Å². The second kappa shape index (κ2) is 12.9. The predicted molar refractivity (Wildman–Crippen MR) is 55.7 cm³/mol. The minimum atomic E-state index is -4.67. The first-order chi connectivity index (χ1) is 6.31. The second-order valence-electron chi connectivity index (χ2n) is 3.01. The van der Waals surface area contributed by atoms with Crippen LogP contribution in [0.5, 0.6) is 0 Å². The maximum Gasteiger partial charge on any atom is 1.00 e. The quantitative estimate of drug-likeness (QED) is 0.324. The zero-order valence-electron chi connectivity index (χ0n) is 10.7. The zero-order chi connectivity index (χ0) is 11.6. The summed E-state index contributed by atoms with van der Waals surface area (Å²) in [6.45, 7) is 4.20. The van der Waals surface area contributed by atoms with Gasteiger partial charge >= 0.3 is 40.0 Å². The van der Waals surface area contributed by atoms with Crippen LogP contribution < -0.4 is 29.6 Å². The van der Waals surface area contributed by atoms with Gasteiger partial charge in [-0.25, -0.2) is 0 Å². The van der Waals surface area contributed by atoms with Crippen LogP contribution in [0.25, 0.3) is 0 Å². The number of hydrogen-bond donors (Lipinski definition) is 3. The van der Waals surface area contributed by atoms with E-state index in [1.54, 1.807) is 0 Å². The first-order valence-electron chi connectivity index (χ1n) is 4.69. The summed E-state index contributed by atoms with van der Waals surface area (Å²) in [6.07, 6.45) is 5.55. The van der Waals surface area contributed by atoms with Gasteiger partial charge in [-0.05, 0) is 12.8 Å². The molecule has 90 valence electrons. The van der Waals surface area contributed by atoms with E-state index in [-0.39, 0.29) is 37.1 Å². The predicted octanol–water partition coefficient (Wildman–Crippen LogP) is -1.20. The molecule has 0 bridgehead atoms. The molecule has 0 aliphatic rings. The molecule has 1 unspecified atom stereocenters. The van der Waals surface area contributed by atoms with E-state index in [0.717, 1.165) is 12.8 Å². The Morgan fingerprint density at radius 2 is 1.60 bits per heavy atom. The van der Waals surface area contributed by atoms with Crippen molar-refractivity contribution in [2.45, 2.75) is 52.1 Å². The van der Waals surface area contributed by atoms with Crippen molar-refractivity contribution in [3.05, 3.63) is 0 Å². The van der Waals surface area contributed by atoms with Crippen molar-refractivity contribution < 1.29 is 53.6 Å². The molecule has 1 atom stereocenters. The van der Waals surface area contributed by atoms with Crippen LogP contribution in [-0.2, 0) is 10.4 Å². The molecule has 0 amide bonds. The standard InChI is InChI=1S/C8H18O.Na.H2O4S.H/c1-3-5-6-7-8(9)4-2;;1-5(2,3)4;/h8-9H,3-7H2,1-2H3;;(H2,1,2,3,4);/q;+1;;-1. The number of hydrogen-bond acceptors (Lipinski definition) is 3. The van der Waals surface area contributed by atoms with Crippen LogP contribution in [-0.4, -0.2) is 28.7 Å². The Kier molecular flexibility index (Phi) is 18.2. The molecule has 7 heteroatoms. The fourth-order valence-electron chi connectivity index (χ4n) is 0.834. The van der Waals surface area contributed by atoms with Gasteiger partial charge in [0.05, 0.1) is 6.10 Å². The van der Waals surface area contributed by atoms with Gasteiger partial charge < -0.3 is 6.53 Å². The fraction of sp³-hybridized carbons (Fsp3) is 1.00. The van der Waals surface area contributed by atoms with Gasteiger partial charge in [0, 0.05) is 0 Å². The first-order valence-corrected chi connectivity index (χ1v) is 6.08. The number of aliphatic hydroxyl groups is 1. The molecule has 0 saturated heterocycles. The van der Waals surface area contributed by atoms with Crippen molar-refractivity contribution in [2.24, 2.45) is 0 Å². The van der Waals surface area contributed by atoms with E-state index < -0.39 is 10.4 Å². The van der Waals surface area contributed by atoms with Crippen molar-refractivity contribution in [1.82, 2.24) is 0 Å². The number of rotatable bonds is 5.